The van der Waals surface area contributed by atoms with Crippen LogP contribution in [0.1, 0.15) is 45.5 Å². The van der Waals surface area contributed by atoms with Crippen LogP contribution in [-0.2, 0) is 0 Å². The van der Waals surface area contributed by atoms with Gasteiger partial charge in [-0.25, -0.2) is 0 Å². The Kier molecular flexibility index (Phi) is 4.91. The first-order valence-electron chi connectivity index (χ1n) is 10.8. The average Bonchev–Trinajstić information content (AvgIpc) is 2.82. The second kappa shape index (κ2) is 7.88. The van der Waals surface area contributed by atoms with E-state index in [1.807, 2.05) is 60.7 Å². The Balaban J connectivity index is 1.81. The number of nitrogens with zero attached hydrogens (tertiary/aromatic N) is 1. The standard InChI is InChI=1S/C27H24N2O2/c28-22-15-9-14-21(23(22)18-10-3-1-4-11-18)24-25(29-16-7-2-8-17-29)27(31)20-13-6-5-12-19(20)26(24)30/h1,3-6,9-15H,2,7-8,16-17,28H2. The number of hydrogen-bond acceptors (Lipinski definition) is 4. The van der Waals surface area contributed by atoms with Crippen molar-refractivity contribution < 1.29 is 9.59 Å². The van der Waals surface area contributed by atoms with Gasteiger partial charge < -0.3 is 10.6 Å². The Hall–Kier alpha value is -3.66. The van der Waals surface area contributed by atoms with Gasteiger partial charge in [0, 0.05) is 35.5 Å². The van der Waals surface area contributed by atoms with Gasteiger partial charge in [0.25, 0.3) is 0 Å². The van der Waals surface area contributed by atoms with Crippen molar-refractivity contribution in [2.75, 3.05) is 18.8 Å². The number of piperidine rings is 1. The predicted octanol–water partition coefficient (Wildman–Crippen LogP) is 5.21. The van der Waals surface area contributed by atoms with E-state index in [0.29, 0.717) is 28.1 Å². The molecule has 5 rings (SSSR count). The third-order valence-corrected chi connectivity index (χ3v) is 6.20. The number of rotatable bonds is 3. The summed E-state index contributed by atoms with van der Waals surface area (Å²) in [6.45, 7) is 1.56. The molecule has 0 atom stereocenters. The molecule has 0 radical (unpaired) electrons. The van der Waals surface area contributed by atoms with Crippen molar-refractivity contribution in [3.63, 3.8) is 0 Å². The van der Waals surface area contributed by atoms with E-state index >= 15 is 0 Å². The molecule has 0 bridgehead atoms. The highest BCUT2D eigenvalue weighted by Gasteiger charge is 2.37. The summed E-state index contributed by atoms with van der Waals surface area (Å²) in [6, 6.07) is 22.6. The lowest BCUT2D eigenvalue weighted by Crippen LogP contribution is -2.37. The van der Waals surface area contributed by atoms with Crippen molar-refractivity contribution in [1.29, 1.82) is 0 Å². The SMILES string of the molecule is Nc1cccc(C2=C(N3CCCCC3)C(=O)c3ccccc3C2=O)c1-c1ccccc1. The van der Waals surface area contributed by atoms with Crippen LogP contribution in [0, 0.1) is 0 Å². The number of nitrogens with two attached hydrogens (primary N) is 1. The summed E-state index contributed by atoms with van der Waals surface area (Å²) in [6.07, 6.45) is 3.18. The molecular weight excluding hydrogens is 384 g/mol. The normalized spacial score (nSPS) is 16.5. The largest absolute Gasteiger partial charge is 0.398 e. The van der Waals surface area contributed by atoms with Gasteiger partial charge in [-0.2, -0.15) is 0 Å². The molecular formula is C27H24N2O2. The highest BCUT2D eigenvalue weighted by molar-refractivity contribution is 6.41. The van der Waals surface area contributed by atoms with Gasteiger partial charge in [0.1, 0.15) is 0 Å². The molecule has 0 spiro atoms. The highest BCUT2D eigenvalue weighted by Crippen LogP contribution is 2.41. The molecule has 31 heavy (non-hydrogen) atoms. The maximum absolute atomic E-state index is 13.8. The molecule has 1 heterocycles. The van der Waals surface area contributed by atoms with Crippen LogP contribution in [0.15, 0.2) is 78.5 Å². The van der Waals surface area contributed by atoms with E-state index in [9.17, 15) is 9.59 Å². The van der Waals surface area contributed by atoms with Gasteiger partial charge in [0.05, 0.1) is 11.3 Å². The predicted molar refractivity (Wildman–Crippen MR) is 124 cm³/mol. The van der Waals surface area contributed by atoms with Gasteiger partial charge in [-0.15, -0.1) is 0 Å². The van der Waals surface area contributed by atoms with E-state index in [4.69, 9.17) is 5.73 Å². The van der Waals surface area contributed by atoms with Gasteiger partial charge in [-0.05, 0) is 36.5 Å². The van der Waals surface area contributed by atoms with Crippen molar-refractivity contribution in [2.45, 2.75) is 19.3 Å². The summed E-state index contributed by atoms with van der Waals surface area (Å²) in [7, 11) is 0. The maximum Gasteiger partial charge on any atom is 0.210 e. The Morgan fingerprint density at radius 2 is 1.26 bits per heavy atom. The summed E-state index contributed by atoms with van der Waals surface area (Å²) in [5.41, 5.74) is 11.4. The number of carbonyl (C=O) groups excluding carboxylic acids is 2. The average molecular weight is 409 g/mol. The number of Topliss-reactive ketones (excluding diaryl/α,β-unsaturated/α-hetero) is 2. The van der Waals surface area contributed by atoms with Crippen molar-refractivity contribution in [1.82, 2.24) is 4.90 Å². The van der Waals surface area contributed by atoms with Gasteiger partial charge in [0.2, 0.25) is 5.78 Å². The lowest BCUT2D eigenvalue weighted by molar-refractivity contribution is 0.0951. The molecule has 154 valence electrons. The smallest absolute Gasteiger partial charge is 0.210 e. The number of hydrogen-bond donors (Lipinski definition) is 1. The number of anilines is 1. The first-order chi connectivity index (χ1) is 15.2. The zero-order chi connectivity index (χ0) is 21.4. The van der Waals surface area contributed by atoms with Crippen LogP contribution < -0.4 is 5.73 Å². The van der Waals surface area contributed by atoms with E-state index < -0.39 is 0 Å². The quantitative estimate of drug-likeness (QED) is 0.604. The molecule has 0 saturated carbocycles. The first-order valence-corrected chi connectivity index (χ1v) is 10.8. The van der Waals surface area contributed by atoms with E-state index in [1.165, 1.54) is 0 Å². The fourth-order valence-corrected chi connectivity index (χ4v) is 4.74. The second-order valence-corrected chi connectivity index (χ2v) is 8.11. The molecule has 2 N–H and O–H groups in total. The number of fused-ring (bicyclic) bond motifs is 1. The number of likely N-dealkylation sites (tertiary alicyclic amines) is 1. The Morgan fingerprint density at radius 3 is 1.97 bits per heavy atom. The molecule has 4 heteroatoms. The van der Waals surface area contributed by atoms with E-state index in [-0.39, 0.29) is 11.6 Å². The molecule has 1 aliphatic heterocycles. The summed E-state index contributed by atoms with van der Waals surface area (Å²) in [5, 5.41) is 0. The molecule has 1 fully saturated rings. The van der Waals surface area contributed by atoms with Crippen LogP contribution in [0.4, 0.5) is 5.69 Å². The molecule has 4 nitrogen and oxygen atoms in total. The number of benzene rings is 3. The van der Waals surface area contributed by atoms with Crippen molar-refractivity contribution in [2.24, 2.45) is 0 Å². The fraction of sp³-hybridized carbons (Fsp3) is 0.185. The lowest BCUT2D eigenvalue weighted by atomic mass is 9.80. The molecule has 1 aliphatic carbocycles. The minimum absolute atomic E-state index is 0.0754. The molecule has 3 aromatic carbocycles. The van der Waals surface area contributed by atoms with Gasteiger partial charge >= 0.3 is 0 Å². The van der Waals surface area contributed by atoms with Gasteiger partial charge in [0.15, 0.2) is 5.78 Å². The monoisotopic (exact) mass is 408 g/mol. The second-order valence-electron chi connectivity index (χ2n) is 8.11. The number of allylic oxidation sites excluding steroid dienone is 2. The minimum atomic E-state index is -0.112. The Bertz CT molecular complexity index is 1200. The molecule has 0 amide bonds. The molecule has 0 aromatic heterocycles. The van der Waals surface area contributed by atoms with Gasteiger partial charge in [-0.1, -0.05) is 66.7 Å². The van der Waals surface area contributed by atoms with Gasteiger partial charge in [-0.3, -0.25) is 9.59 Å². The number of nitrogen functional groups attached to an aromatic ring is 1. The maximum atomic E-state index is 13.8. The highest BCUT2D eigenvalue weighted by atomic mass is 16.1. The summed E-state index contributed by atoms with van der Waals surface area (Å²) < 4.78 is 0. The van der Waals surface area contributed by atoms with Crippen LogP contribution >= 0.6 is 0 Å². The fourth-order valence-electron chi connectivity index (χ4n) is 4.74. The summed E-state index contributed by atoms with van der Waals surface area (Å²) >= 11 is 0. The molecule has 0 unspecified atom stereocenters. The van der Waals surface area contributed by atoms with E-state index in [0.717, 1.165) is 49.0 Å². The van der Waals surface area contributed by atoms with Crippen molar-refractivity contribution >= 4 is 22.8 Å². The Morgan fingerprint density at radius 1 is 0.645 bits per heavy atom. The van der Waals surface area contributed by atoms with Crippen molar-refractivity contribution in [3.8, 4) is 11.1 Å². The number of carbonyl (C=O) groups is 2. The third kappa shape index (κ3) is 3.25. The van der Waals surface area contributed by atoms with E-state index in [2.05, 4.69) is 4.90 Å². The van der Waals surface area contributed by atoms with Crippen LogP contribution in [0.5, 0.6) is 0 Å². The third-order valence-electron chi connectivity index (χ3n) is 6.20. The summed E-state index contributed by atoms with van der Waals surface area (Å²) in [5.74, 6) is -0.188. The molecule has 1 saturated heterocycles. The van der Waals surface area contributed by atoms with Crippen LogP contribution in [-0.4, -0.2) is 29.6 Å². The van der Waals surface area contributed by atoms with Crippen LogP contribution in [0.25, 0.3) is 16.7 Å². The zero-order valence-electron chi connectivity index (χ0n) is 17.3. The molecule has 2 aliphatic rings. The lowest BCUT2D eigenvalue weighted by Gasteiger charge is -2.34. The minimum Gasteiger partial charge on any atom is -0.398 e. The van der Waals surface area contributed by atoms with E-state index in [1.54, 1.807) is 12.1 Å². The molecule has 3 aromatic rings. The van der Waals surface area contributed by atoms with Crippen molar-refractivity contribution in [3.05, 3.63) is 95.2 Å². The number of ketones is 2. The first kappa shape index (κ1) is 19.3. The zero-order valence-corrected chi connectivity index (χ0v) is 17.3. The summed E-state index contributed by atoms with van der Waals surface area (Å²) in [4.78, 5) is 29.6. The topological polar surface area (TPSA) is 63.4 Å². The van der Waals surface area contributed by atoms with Crippen LogP contribution in [0.2, 0.25) is 0 Å². The Labute approximate surface area is 182 Å². The van der Waals surface area contributed by atoms with Crippen LogP contribution in [0.3, 0.4) is 0 Å².